The molecule has 0 radical (unpaired) electrons. The van der Waals surface area contributed by atoms with Crippen molar-refractivity contribution in [2.24, 2.45) is 5.16 Å². The summed E-state index contributed by atoms with van der Waals surface area (Å²) >= 11 is 0. The van der Waals surface area contributed by atoms with Crippen molar-refractivity contribution >= 4 is 5.71 Å². The van der Waals surface area contributed by atoms with E-state index in [-0.39, 0.29) is 6.10 Å². The number of nitrogens with zero attached hydrogens (tertiary/aromatic N) is 1. The molecule has 1 aliphatic heterocycles. The average molecular weight is 281 g/mol. The van der Waals surface area contributed by atoms with Gasteiger partial charge in [-0.15, -0.1) is 0 Å². The van der Waals surface area contributed by atoms with E-state index in [1.165, 1.54) is 5.56 Å². The number of hydrogen-bond acceptors (Lipinski definition) is 3. The number of benzene rings is 2. The summed E-state index contributed by atoms with van der Waals surface area (Å²) in [4.78, 5) is 5.51. The summed E-state index contributed by atoms with van der Waals surface area (Å²) in [5.74, 6) is 0.297. The molecule has 0 bridgehead atoms. The van der Waals surface area contributed by atoms with Crippen molar-refractivity contribution in [2.75, 3.05) is 0 Å². The van der Waals surface area contributed by atoms with Gasteiger partial charge in [0, 0.05) is 12.8 Å². The summed E-state index contributed by atoms with van der Waals surface area (Å²) in [6, 6.07) is 17.7. The highest BCUT2D eigenvalue weighted by molar-refractivity contribution is 5.85. The minimum Gasteiger partial charge on any atom is -0.508 e. The van der Waals surface area contributed by atoms with Crippen LogP contribution >= 0.6 is 0 Å². The molecule has 1 heterocycles. The van der Waals surface area contributed by atoms with Gasteiger partial charge in [0.1, 0.15) is 11.9 Å². The molecule has 0 saturated carbocycles. The Bertz CT molecular complexity index is 605. The first-order valence-corrected chi connectivity index (χ1v) is 7.33. The topological polar surface area (TPSA) is 41.8 Å². The lowest BCUT2D eigenvalue weighted by Gasteiger charge is -2.08. The molecule has 3 nitrogen and oxygen atoms in total. The largest absolute Gasteiger partial charge is 0.508 e. The van der Waals surface area contributed by atoms with Crippen LogP contribution in [0.3, 0.4) is 0 Å². The number of aromatic hydroxyl groups is 1. The summed E-state index contributed by atoms with van der Waals surface area (Å²) < 4.78 is 0. The van der Waals surface area contributed by atoms with E-state index in [1.54, 1.807) is 12.1 Å². The summed E-state index contributed by atoms with van der Waals surface area (Å²) in [5.41, 5.74) is 3.64. The number of phenols is 1. The van der Waals surface area contributed by atoms with Crippen LogP contribution in [-0.4, -0.2) is 16.9 Å². The third kappa shape index (κ3) is 3.85. The second kappa shape index (κ2) is 6.44. The Morgan fingerprint density at radius 1 is 0.952 bits per heavy atom. The van der Waals surface area contributed by atoms with Crippen molar-refractivity contribution in [3.05, 3.63) is 65.7 Å². The Labute approximate surface area is 124 Å². The van der Waals surface area contributed by atoms with Crippen molar-refractivity contribution in [2.45, 2.75) is 31.8 Å². The molecule has 1 atom stereocenters. The molecule has 108 valence electrons. The lowest BCUT2D eigenvalue weighted by molar-refractivity contribution is 0.0859. The van der Waals surface area contributed by atoms with Crippen LogP contribution in [0.5, 0.6) is 5.75 Å². The highest BCUT2D eigenvalue weighted by Crippen LogP contribution is 2.20. The van der Waals surface area contributed by atoms with Gasteiger partial charge in [0.15, 0.2) is 0 Å². The van der Waals surface area contributed by atoms with E-state index in [1.807, 2.05) is 18.2 Å². The molecule has 0 amide bonds. The van der Waals surface area contributed by atoms with Crippen LogP contribution in [0, 0.1) is 0 Å². The van der Waals surface area contributed by atoms with Gasteiger partial charge in [-0.3, -0.25) is 0 Å². The predicted octanol–water partition coefficient (Wildman–Crippen LogP) is 3.71. The van der Waals surface area contributed by atoms with Crippen molar-refractivity contribution < 1.29 is 9.94 Å². The smallest absolute Gasteiger partial charge is 0.136 e. The van der Waals surface area contributed by atoms with Crippen LogP contribution in [0.1, 0.15) is 24.0 Å². The molecule has 3 heteroatoms. The van der Waals surface area contributed by atoms with Gasteiger partial charge in [0.2, 0.25) is 0 Å². The highest BCUT2D eigenvalue weighted by Gasteiger charge is 2.21. The third-order valence-corrected chi connectivity index (χ3v) is 3.74. The quantitative estimate of drug-likeness (QED) is 0.907. The molecule has 1 N–H and O–H groups in total. The van der Waals surface area contributed by atoms with E-state index in [2.05, 4.69) is 29.4 Å². The second-order valence-corrected chi connectivity index (χ2v) is 5.45. The van der Waals surface area contributed by atoms with Gasteiger partial charge < -0.3 is 9.94 Å². The molecule has 0 spiro atoms. The number of rotatable bonds is 5. The molecule has 0 saturated heterocycles. The first kappa shape index (κ1) is 13.7. The maximum Gasteiger partial charge on any atom is 0.136 e. The van der Waals surface area contributed by atoms with Gasteiger partial charge >= 0.3 is 0 Å². The Morgan fingerprint density at radius 3 is 2.48 bits per heavy atom. The molecule has 2 aromatic rings. The Kier molecular flexibility index (Phi) is 4.20. The first-order chi connectivity index (χ1) is 10.3. The number of aryl methyl sites for hydroxylation is 1. The fraction of sp³-hybridized carbons (Fsp3) is 0.278. The third-order valence-electron chi connectivity index (χ3n) is 3.74. The molecule has 1 aliphatic rings. The van der Waals surface area contributed by atoms with Crippen LogP contribution in [0.4, 0.5) is 0 Å². The molecule has 3 rings (SSSR count). The summed E-state index contributed by atoms with van der Waals surface area (Å²) in [6.45, 7) is 0. The van der Waals surface area contributed by atoms with Crippen molar-refractivity contribution in [3.63, 3.8) is 0 Å². The highest BCUT2D eigenvalue weighted by atomic mass is 16.6. The molecular formula is C18H19NO2. The standard InChI is InChI=1S/C18H19NO2/c20-17-10-7-15(8-11-17)12-18-13-16(19-21-18)9-6-14-4-2-1-3-5-14/h1-5,7-8,10-11,18,20H,6,9,12-13H2. The van der Waals surface area contributed by atoms with E-state index < -0.39 is 0 Å². The zero-order valence-corrected chi connectivity index (χ0v) is 11.9. The lowest BCUT2D eigenvalue weighted by atomic mass is 10.0. The van der Waals surface area contributed by atoms with Crippen LogP contribution in [0.15, 0.2) is 59.8 Å². The molecule has 0 aliphatic carbocycles. The Balaban J connectivity index is 1.47. The minimum atomic E-state index is 0.125. The van der Waals surface area contributed by atoms with E-state index in [0.29, 0.717) is 5.75 Å². The fourth-order valence-electron chi connectivity index (χ4n) is 2.57. The molecule has 0 fully saturated rings. The average Bonchev–Trinajstić information content (AvgIpc) is 2.96. The van der Waals surface area contributed by atoms with Crippen LogP contribution in [0.2, 0.25) is 0 Å². The Hall–Kier alpha value is -2.29. The molecular weight excluding hydrogens is 262 g/mol. The Morgan fingerprint density at radius 2 is 1.71 bits per heavy atom. The zero-order chi connectivity index (χ0) is 14.5. The summed E-state index contributed by atoms with van der Waals surface area (Å²) in [5, 5.41) is 13.5. The normalized spacial score (nSPS) is 17.3. The second-order valence-electron chi connectivity index (χ2n) is 5.45. The minimum absolute atomic E-state index is 0.125. The van der Waals surface area contributed by atoms with Crippen LogP contribution in [0.25, 0.3) is 0 Å². The first-order valence-electron chi connectivity index (χ1n) is 7.33. The summed E-state index contributed by atoms with van der Waals surface area (Å²) in [6.07, 6.45) is 3.82. The van der Waals surface area contributed by atoms with Crippen molar-refractivity contribution in [1.82, 2.24) is 0 Å². The van der Waals surface area contributed by atoms with Gasteiger partial charge in [0.05, 0.1) is 5.71 Å². The van der Waals surface area contributed by atoms with E-state index in [0.717, 1.165) is 37.0 Å². The van der Waals surface area contributed by atoms with Crippen molar-refractivity contribution in [3.8, 4) is 5.75 Å². The molecule has 2 aromatic carbocycles. The monoisotopic (exact) mass is 281 g/mol. The van der Waals surface area contributed by atoms with Gasteiger partial charge in [0.25, 0.3) is 0 Å². The van der Waals surface area contributed by atoms with Crippen LogP contribution in [-0.2, 0) is 17.7 Å². The molecule has 21 heavy (non-hydrogen) atoms. The van der Waals surface area contributed by atoms with Crippen molar-refractivity contribution in [1.29, 1.82) is 0 Å². The zero-order valence-electron chi connectivity index (χ0n) is 11.9. The molecule has 0 aromatic heterocycles. The lowest BCUT2D eigenvalue weighted by Crippen LogP contribution is -2.11. The van der Waals surface area contributed by atoms with Gasteiger partial charge in [-0.05, 0) is 36.1 Å². The van der Waals surface area contributed by atoms with E-state index in [4.69, 9.17) is 4.84 Å². The van der Waals surface area contributed by atoms with Gasteiger partial charge in [-0.2, -0.15) is 0 Å². The number of phenolic OH excluding ortho intramolecular Hbond substituents is 1. The SMILES string of the molecule is Oc1ccc(CC2CC(CCc3ccccc3)=NO2)cc1. The molecule has 1 unspecified atom stereocenters. The predicted molar refractivity (Wildman–Crippen MR) is 83.5 cm³/mol. The van der Waals surface area contributed by atoms with Crippen LogP contribution < -0.4 is 0 Å². The van der Waals surface area contributed by atoms with E-state index >= 15 is 0 Å². The van der Waals surface area contributed by atoms with E-state index in [9.17, 15) is 5.11 Å². The number of hydrogen-bond donors (Lipinski definition) is 1. The maximum atomic E-state index is 9.28. The fourth-order valence-corrected chi connectivity index (χ4v) is 2.57. The van der Waals surface area contributed by atoms with Gasteiger partial charge in [-0.1, -0.05) is 47.6 Å². The van der Waals surface area contributed by atoms with Gasteiger partial charge in [-0.25, -0.2) is 0 Å². The number of oxime groups is 1. The maximum absolute atomic E-state index is 9.28. The summed E-state index contributed by atoms with van der Waals surface area (Å²) in [7, 11) is 0.